The lowest BCUT2D eigenvalue weighted by Crippen LogP contribution is -2.13. The maximum atomic E-state index is 12.4. The minimum Gasteiger partial charge on any atom is -0.358 e. The number of halogens is 2. The standard InChI is InChI=1S/C16H13Cl2N3O/c1-8-9(2)20-14-4-3-10(5-12(8)14)16(22)21-15-13(18)6-11(17)7-19-15/h3-7,20H,1-2H3,(H,19,21,22). The van der Waals surface area contributed by atoms with Crippen LogP contribution in [0, 0.1) is 13.8 Å². The molecule has 0 spiro atoms. The lowest BCUT2D eigenvalue weighted by molar-refractivity contribution is 0.102. The molecule has 4 nitrogen and oxygen atoms in total. The first-order chi connectivity index (χ1) is 10.5. The normalized spacial score (nSPS) is 10.9. The van der Waals surface area contributed by atoms with Crippen molar-refractivity contribution in [3.63, 3.8) is 0 Å². The fourth-order valence-corrected chi connectivity index (χ4v) is 2.72. The quantitative estimate of drug-likeness (QED) is 0.711. The van der Waals surface area contributed by atoms with Gasteiger partial charge in [0.1, 0.15) is 0 Å². The van der Waals surface area contributed by atoms with Gasteiger partial charge in [0.15, 0.2) is 5.82 Å². The summed E-state index contributed by atoms with van der Waals surface area (Å²) in [4.78, 5) is 19.7. The number of anilines is 1. The van der Waals surface area contributed by atoms with E-state index in [2.05, 4.69) is 15.3 Å². The van der Waals surface area contributed by atoms with Crippen molar-refractivity contribution in [2.75, 3.05) is 5.32 Å². The topological polar surface area (TPSA) is 57.8 Å². The van der Waals surface area contributed by atoms with Gasteiger partial charge in [-0.3, -0.25) is 4.79 Å². The van der Waals surface area contributed by atoms with Crippen LogP contribution in [0.4, 0.5) is 5.82 Å². The minimum absolute atomic E-state index is 0.267. The molecule has 2 aromatic heterocycles. The van der Waals surface area contributed by atoms with E-state index in [0.29, 0.717) is 15.6 Å². The molecule has 0 saturated carbocycles. The van der Waals surface area contributed by atoms with E-state index in [-0.39, 0.29) is 11.7 Å². The molecule has 0 aliphatic heterocycles. The van der Waals surface area contributed by atoms with Crippen LogP contribution in [0.2, 0.25) is 10.0 Å². The predicted molar refractivity (Wildman–Crippen MR) is 90.0 cm³/mol. The van der Waals surface area contributed by atoms with Gasteiger partial charge in [0.05, 0.1) is 10.0 Å². The summed E-state index contributed by atoms with van der Waals surface area (Å²) < 4.78 is 0. The van der Waals surface area contributed by atoms with Gasteiger partial charge in [0, 0.05) is 28.4 Å². The van der Waals surface area contributed by atoms with Crippen molar-refractivity contribution < 1.29 is 4.79 Å². The molecule has 112 valence electrons. The Balaban J connectivity index is 1.93. The van der Waals surface area contributed by atoms with Crippen molar-refractivity contribution in [2.24, 2.45) is 0 Å². The summed E-state index contributed by atoms with van der Waals surface area (Å²) >= 11 is 11.8. The number of carbonyl (C=O) groups is 1. The van der Waals surface area contributed by atoms with Crippen molar-refractivity contribution >= 4 is 45.8 Å². The number of rotatable bonds is 2. The molecule has 3 aromatic rings. The largest absolute Gasteiger partial charge is 0.358 e. The summed E-state index contributed by atoms with van der Waals surface area (Å²) in [7, 11) is 0. The molecule has 1 amide bonds. The number of aromatic amines is 1. The Bertz CT molecular complexity index is 886. The molecule has 0 unspecified atom stereocenters. The maximum Gasteiger partial charge on any atom is 0.256 e. The molecule has 0 atom stereocenters. The number of fused-ring (bicyclic) bond motifs is 1. The Kier molecular flexibility index (Phi) is 3.81. The fourth-order valence-electron chi connectivity index (χ4n) is 2.29. The number of aromatic nitrogens is 2. The number of aryl methyl sites for hydroxylation is 2. The molecular weight excluding hydrogens is 321 g/mol. The Morgan fingerprint density at radius 1 is 1.23 bits per heavy atom. The maximum absolute atomic E-state index is 12.4. The zero-order valence-electron chi connectivity index (χ0n) is 12.0. The van der Waals surface area contributed by atoms with Crippen LogP contribution in [0.5, 0.6) is 0 Å². The monoisotopic (exact) mass is 333 g/mol. The SMILES string of the molecule is Cc1[nH]c2ccc(C(=O)Nc3ncc(Cl)cc3Cl)cc2c1C. The first-order valence-corrected chi connectivity index (χ1v) is 7.42. The van der Waals surface area contributed by atoms with Gasteiger partial charge in [-0.1, -0.05) is 23.2 Å². The van der Waals surface area contributed by atoms with Crippen LogP contribution in [0.3, 0.4) is 0 Å². The third-order valence-electron chi connectivity index (χ3n) is 3.61. The first-order valence-electron chi connectivity index (χ1n) is 6.67. The average molecular weight is 334 g/mol. The van der Waals surface area contributed by atoms with Gasteiger partial charge in [-0.05, 0) is 43.7 Å². The molecule has 6 heteroatoms. The van der Waals surface area contributed by atoms with E-state index in [0.717, 1.165) is 22.2 Å². The summed E-state index contributed by atoms with van der Waals surface area (Å²) in [6.45, 7) is 4.03. The van der Waals surface area contributed by atoms with Gasteiger partial charge in [-0.2, -0.15) is 0 Å². The van der Waals surface area contributed by atoms with E-state index in [1.165, 1.54) is 12.3 Å². The van der Waals surface area contributed by atoms with E-state index < -0.39 is 0 Å². The summed E-state index contributed by atoms with van der Waals surface area (Å²) in [5.74, 6) is 0.0232. The highest BCUT2D eigenvalue weighted by Gasteiger charge is 2.12. The Morgan fingerprint density at radius 2 is 2.00 bits per heavy atom. The van der Waals surface area contributed by atoms with Crippen molar-refractivity contribution in [2.45, 2.75) is 13.8 Å². The smallest absolute Gasteiger partial charge is 0.256 e. The number of hydrogen-bond acceptors (Lipinski definition) is 2. The molecule has 0 aliphatic carbocycles. The Morgan fingerprint density at radius 3 is 2.73 bits per heavy atom. The van der Waals surface area contributed by atoms with Crippen molar-refractivity contribution in [1.82, 2.24) is 9.97 Å². The number of benzene rings is 1. The lowest BCUT2D eigenvalue weighted by Gasteiger charge is -2.07. The molecule has 3 rings (SSSR count). The molecule has 0 radical (unpaired) electrons. The van der Waals surface area contributed by atoms with Gasteiger partial charge in [0.2, 0.25) is 0 Å². The van der Waals surface area contributed by atoms with Crippen molar-refractivity contribution in [1.29, 1.82) is 0 Å². The fraction of sp³-hybridized carbons (Fsp3) is 0.125. The van der Waals surface area contributed by atoms with Crippen LogP contribution in [0.25, 0.3) is 10.9 Å². The van der Waals surface area contributed by atoms with Crippen LogP contribution in [-0.4, -0.2) is 15.9 Å². The van der Waals surface area contributed by atoms with E-state index in [1.807, 2.05) is 26.0 Å². The van der Waals surface area contributed by atoms with Gasteiger partial charge >= 0.3 is 0 Å². The van der Waals surface area contributed by atoms with Crippen LogP contribution in [-0.2, 0) is 0 Å². The van der Waals surface area contributed by atoms with Gasteiger partial charge < -0.3 is 10.3 Å². The first kappa shape index (κ1) is 14.9. The Hall–Kier alpha value is -2.04. The molecule has 0 saturated heterocycles. The highest BCUT2D eigenvalue weighted by molar-refractivity contribution is 6.36. The second-order valence-electron chi connectivity index (χ2n) is 5.07. The van der Waals surface area contributed by atoms with Crippen LogP contribution in [0.1, 0.15) is 21.6 Å². The number of H-pyrrole nitrogens is 1. The average Bonchev–Trinajstić information content (AvgIpc) is 2.77. The van der Waals surface area contributed by atoms with Gasteiger partial charge in [-0.15, -0.1) is 0 Å². The second-order valence-corrected chi connectivity index (χ2v) is 5.92. The zero-order chi connectivity index (χ0) is 15.9. The molecule has 22 heavy (non-hydrogen) atoms. The van der Waals surface area contributed by atoms with Crippen molar-refractivity contribution in [3.05, 3.63) is 57.3 Å². The number of amides is 1. The molecule has 2 heterocycles. The van der Waals surface area contributed by atoms with Crippen LogP contribution in [0.15, 0.2) is 30.5 Å². The van der Waals surface area contributed by atoms with Crippen molar-refractivity contribution in [3.8, 4) is 0 Å². The highest BCUT2D eigenvalue weighted by Crippen LogP contribution is 2.25. The van der Waals surface area contributed by atoms with E-state index in [1.54, 1.807) is 6.07 Å². The summed E-state index contributed by atoms with van der Waals surface area (Å²) in [5, 5.41) is 4.44. The molecule has 0 fully saturated rings. The highest BCUT2D eigenvalue weighted by atomic mass is 35.5. The van der Waals surface area contributed by atoms with E-state index in [4.69, 9.17) is 23.2 Å². The minimum atomic E-state index is -0.267. The predicted octanol–water partition coefficient (Wildman–Crippen LogP) is 4.74. The Labute approximate surface area is 137 Å². The van der Waals surface area contributed by atoms with E-state index in [9.17, 15) is 4.79 Å². The number of hydrogen-bond donors (Lipinski definition) is 2. The van der Waals surface area contributed by atoms with Crippen LogP contribution >= 0.6 is 23.2 Å². The molecule has 2 N–H and O–H groups in total. The number of nitrogens with zero attached hydrogens (tertiary/aromatic N) is 1. The molecular formula is C16H13Cl2N3O. The summed E-state index contributed by atoms with van der Waals surface area (Å²) in [6, 6.07) is 7.04. The van der Waals surface area contributed by atoms with Gasteiger partial charge in [-0.25, -0.2) is 4.98 Å². The van der Waals surface area contributed by atoms with Crippen LogP contribution < -0.4 is 5.32 Å². The number of pyridine rings is 1. The third kappa shape index (κ3) is 2.67. The van der Waals surface area contributed by atoms with E-state index >= 15 is 0 Å². The number of carbonyl (C=O) groups excluding carboxylic acids is 1. The summed E-state index contributed by atoms with van der Waals surface area (Å²) in [6.07, 6.45) is 1.44. The third-order valence-corrected chi connectivity index (χ3v) is 4.10. The lowest BCUT2D eigenvalue weighted by atomic mass is 10.1. The number of nitrogens with one attached hydrogen (secondary N) is 2. The second kappa shape index (κ2) is 5.63. The molecule has 0 aliphatic rings. The van der Waals surface area contributed by atoms with Gasteiger partial charge in [0.25, 0.3) is 5.91 Å². The zero-order valence-corrected chi connectivity index (χ0v) is 13.5. The molecule has 1 aromatic carbocycles. The molecule has 0 bridgehead atoms. The summed E-state index contributed by atoms with van der Waals surface area (Å²) in [5.41, 5.74) is 3.78.